The summed E-state index contributed by atoms with van der Waals surface area (Å²) in [6, 6.07) is 4.64. The van der Waals surface area contributed by atoms with Gasteiger partial charge in [0.2, 0.25) is 0 Å². The summed E-state index contributed by atoms with van der Waals surface area (Å²) in [6.45, 7) is 0.392. The number of rotatable bonds is 4. The molecular formula is C11H16ClN3O2. The van der Waals surface area contributed by atoms with E-state index >= 15 is 0 Å². The zero-order chi connectivity index (χ0) is 12.1. The van der Waals surface area contributed by atoms with Crippen molar-refractivity contribution in [3.8, 4) is 17.6 Å². The summed E-state index contributed by atoms with van der Waals surface area (Å²) < 4.78 is 4.97. The first-order chi connectivity index (χ1) is 7.65. The molecule has 0 fully saturated rings. The van der Waals surface area contributed by atoms with Crippen LogP contribution in [0.4, 0.5) is 0 Å². The van der Waals surface area contributed by atoms with E-state index in [0.717, 1.165) is 0 Å². The Morgan fingerprint density at radius 3 is 2.65 bits per heavy atom. The van der Waals surface area contributed by atoms with E-state index < -0.39 is 6.04 Å². The van der Waals surface area contributed by atoms with Crippen molar-refractivity contribution >= 4 is 12.4 Å². The Morgan fingerprint density at radius 1 is 1.53 bits per heavy atom. The summed E-state index contributed by atoms with van der Waals surface area (Å²) in [7, 11) is 1.44. The third-order valence-electron chi connectivity index (χ3n) is 2.37. The summed E-state index contributed by atoms with van der Waals surface area (Å²) in [5.74, 6) is 0.226. The summed E-state index contributed by atoms with van der Waals surface area (Å²) in [5.41, 5.74) is 12.0. The van der Waals surface area contributed by atoms with Gasteiger partial charge in [0, 0.05) is 11.6 Å². The first kappa shape index (κ1) is 15.5. The molecule has 5 nitrogen and oxygen atoms in total. The van der Waals surface area contributed by atoms with Crippen LogP contribution in [0.3, 0.4) is 0 Å². The molecule has 5 N–H and O–H groups in total. The number of nitriles is 1. The van der Waals surface area contributed by atoms with Gasteiger partial charge in [-0.1, -0.05) is 0 Å². The van der Waals surface area contributed by atoms with Crippen molar-refractivity contribution in [2.75, 3.05) is 13.7 Å². The molecule has 0 aromatic heterocycles. The number of benzene rings is 1. The Balaban J connectivity index is 0.00000256. The van der Waals surface area contributed by atoms with E-state index in [1.54, 1.807) is 6.07 Å². The van der Waals surface area contributed by atoms with Crippen LogP contribution < -0.4 is 16.2 Å². The molecule has 0 bridgehead atoms. The lowest BCUT2D eigenvalue weighted by Crippen LogP contribution is -2.16. The average Bonchev–Trinajstić information content (AvgIpc) is 2.28. The first-order valence-corrected chi connectivity index (χ1v) is 4.91. The van der Waals surface area contributed by atoms with Gasteiger partial charge in [-0.3, -0.25) is 0 Å². The molecule has 0 heterocycles. The lowest BCUT2D eigenvalue weighted by molar-refractivity contribution is 0.368. The predicted octanol–water partition coefficient (Wildman–Crippen LogP) is 1.04. The minimum atomic E-state index is -0.463. The van der Waals surface area contributed by atoms with Crippen LogP contribution in [-0.2, 0) is 0 Å². The molecule has 94 valence electrons. The average molecular weight is 258 g/mol. The van der Waals surface area contributed by atoms with E-state index in [1.165, 1.54) is 13.2 Å². The molecule has 0 spiro atoms. The minimum Gasteiger partial charge on any atom is -0.504 e. The van der Waals surface area contributed by atoms with Crippen molar-refractivity contribution in [1.29, 1.82) is 5.26 Å². The van der Waals surface area contributed by atoms with Crippen molar-refractivity contribution in [1.82, 2.24) is 0 Å². The van der Waals surface area contributed by atoms with Gasteiger partial charge in [0.25, 0.3) is 0 Å². The second kappa shape index (κ2) is 6.97. The molecule has 6 heteroatoms. The smallest absolute Gasteiger partial charge is 0.163 e. The second-order valence-electron chi connectivity index (χ2n) is 3.37. The fourth-order valence-corrected chi connectivity index (χ4v) is 1.55. The quantitative estimate of drug-likeness (QED) is 0.747. The van der Waals surface area contributed by atoms with Crippen molar-refractivity contribution < 1.29 is 9.84 Å². The largest absolute Gasteiger partial charge is 0.504 e. The van der Waals surface area contributed by atoms with Gasteiger partial charge in [-0.2, -0.15) is 5.26 Å². The maximum absolute atomic E-state index is 9.90. The molecule has 0 saturated carbocycles. The standard InChI is InChI=1S/C11H15N3O2.ClH/c1-16-9-3-2-7(6-13)10(11(9)15)8(14)4-5-12;/h2-3,8,15H,4-5,12,14H2,1H3;1H/t8-;/m0./s1. The third kappa shape index (κ3) is 3.24. The molecule has 17 heavy (non-hydrogen) atoms. The van der Waals surface area contributed by atoms with Crippen molar-refractivity contribution in [3.63, 3.8) is 0 Å². The molecule has 1 aromatic rings. The molecule has 1 rings (SSSR count). The third-order valence-corrected chi connectivity index (χ3v) is 2.37. The molecule has 1 aromatic carbocycles. The van der Waals surface area contributed by atoms with Crippen LogP contribution in [0.25, 0.3) is 0 Å². The van der Waals surface area contributed by atoms with Crippen molar-refractivity contribution in [2.45, 2.75) is 12.5 Å². The zero-order valence-electron chi connectivity index (χ0n) is 9.51. The van der Waals surface area contributed by atoms with Gasteiger partial charge in [0.05, 0.1) is 18.7 Å². The van der Waals surface area contributed by atoms with Gasteiger partial charge in [-0.05, 0) is 25.1 Å². The molecular weight excluding hydrogens is 242 g/mol. The summed E-state index contributed by atoms with van der Waals surface area (Å²) in [5, 5.41) is 18.8. The maximum Gasteiger partial charge on any atom is 0.163 e. The van der Waals surface area contributed by atoms with Crippen molar-refractivity contribution in [2.24, 2.45) is 11.5 Å². The van der Waals surface area contributed by atoms with E-state index in [-0.39, 0.29) is 18.2 Å². The van der Waals surface area contributed by atoms with Gasteiger partial charge in [0.15, 0.2) is 11.5 Å². The van der Waals surface area contributed by atoms with Crippen LogP contribution in [0.5, 0.6) is 11.5 Å². The van der Waals surface area contributed by atoms with E-state index in [2.05, 4.69) is 0 Å². The number of halogens is 1. The van der Waals surface area contributed by atoms with Crippen LogP contribution in [0.15, 0.2) is 12.1 Å². The van der Waals surface area contributed by atoms with Crippen molar-refractivity contribution in [3.05, 3.63) is 23.3 Å². The van der Waals surface area contributed by atoms with Gasteiger partial charge in [-0.15, -0.1) is 12.4 Å². The molecule has 0 saturated heterocycles. The number of phenols is 1. The van der Waals surface area contributed by atoms with E-state index in [0.29, 0.717) is 29.8 Å². The van der Waals surface area contributed by atoms with E-state index in [9.17, 15) is 5.11 Å². The highest BCUT2D eigenvalue weighted by Crippen LogP contribution is 2.36. The monoisotopic (exact) mass is 257 g/mol. The lowest BCUT2D eigenvalue weighted by atomic mass is 9.97. The van der Waals surface area contributed by atoms with Gasteiger partial charge in [-0.25, -0.2) is 0 Å². The highest BCUT2D eigenvalue weighted by Gasteiger charge is 2.18. The molecule has 0 unspecified atom stereocenters. The van der Waals surface area contributed by atoms with Crippen LogP contribution >= 0.6 is 12.4 Å². The molecule has 0 radical (unpaired) electrons. The summed E-state index contributed by atoms with van der Waals surface area (Å²) in [4.78, 5) is 0. The van der Waals surface area contributed by atoms with Gasteiger partial charge < -0.3 is 21.3 Å². The highest BCUT2D eigenvalue weighted by molar-refractivity contribution is 5.85. The predicted molar refractivity (Wildman–Crippen MR) is 67.2 cm³/mol. The number of phenolic OH excluding ortho intramolecular Hbond substituents is 1. The Morgan fingerprint density at radius 2 is 2.18 bits per heavy atom. The molecule has 0 aliphatic carbocycles. The van der Waals surface area contributed by atoms with Crippen LogP contribution in [0.2, 0.25) is 0 Å². The number of aromatic hydroxyl groups is 1. The molecule has 0 amide bonds. The maximum atomic E-state index is 9.90. The minimum absolute atomic E-state index is 0. The number of nitrogens with two attached hydrogens (primary N) is 2. The highest BCUT2D eigenvalue weighted by atomic mass is 35.5. The lowest BCUT2D eigenvalue weighted by Gasteiger charge is -2.16. The fraction of sp³-hybridized carbons (Fsp3) is 0.364. The normalized spacial score (nSPS) is 11.2. The second-order valence-corrected chi connectivity index (χ2v) is 3.37. The Labute approximate surface area is 106 Å². The van der Waals surface area contributed by atoms with Crippen LogP contribution in [-0.4, -0.2) is 18.8 Å². The van der Waals surface area contributed by atoms with E-state index in [1.807, 2.05) is 6.07 Å². The van der Waals surface area contributed by atoms with Crippen LogP contribution in [0.1, 0.15) is 23.6 Å². The molecule has 0 aliphatic heterocycles. The van der Waals surface area contributed by atoms with Gasteiger partial charge in [0.1, 0.15) is 0 Å². The fourth-order valence-electron chi connectivity index (χ4n) is 1.55. The number of hydrogen-bond acceptors (Lipinski definition) is 5. The number of hydrogen-bond donors (Lipinski definition) is 3. The molecule has 0 aliphatic rings. The topological polar surface area (TPSA) is 105 Å². The Bertz CT molecular complexity index is 418. The Kier molecular flexibility index (Phi) is 6.36. The van der Waals surface area contributed by atoms with Gasteiger partial charge >= 0.3 is 0 Å². The first-order valence-electron chi connectivity index (χ1n) is 4.91. The number of methoxy groups -OCH3 is 1. The summed E-state index contributed by atoms with van der Waals surface area (Å²) in [6.07, 6.45) is 0.495. The Hall–Kier alpha value is -1.48. The zero-order valence-corrected chi connectivity index (χ0v) is 10.3. The number of nitrogens with zero attached hydrogens (tertiary/aromatic N) is 1. The van der Waals surface area contributed by atoms with Crippen LogP contribution in [0, 0.1) is 11.3 Å². The number of ether oxygens (including phenoxy) is 1. The molecule has 1 atom stereocenters. The van der Waals surface area contributed by atoms with E-state index in [4.69, 9.17) is 21.5 Å². The SMILES string of the molecule is COc1ccc(C#N)c([C@@H](N)CCN)c1O.Cl. The summed E-state index contributed by atoms with van der Waals surface area (Å²) >= 11 is 0.